The Labute approximate surface area is 101 Å². The Balaban J connectivity index is 3.20. The van der Waals surface area contributed by atoms with E-state index in [0.717, 1.165) is 0 Å². The van der Waals surface area contributed by atoms with Crippen LogP contribution in [0.1, 0.15) is 24.2 Å². The Morgan fingerprint density at radius 1 is 1.39 bits per heavy atom. The first-order valence-corrected chi connectivity index (χ1v) is 4.80. The first kappa shape index (κ1) is 13.8. The van der Waals surface area contributed by atoms with E-state index in [0.29, 0.717) is 6.07 Å². The molecule has 0 fully saturated rings. The lowest BCUT2D eigenvalue weighted by molar-refractivity contribution is 0.0923. The Bertz CT molecular complexity index is 550. The number of carbonyl (C=O) groups excluding carboxylic acids is 1. The minimum atomic E-state index is -1.77. The lowest BCUT2D eigenvalue weighted by atomic mass is 10.1. The highest BCUT2D eigenvalue weighted by Crippen LogP contribution is 2.26. The minimum absolute atomic E-state index is 0.313. The van der Waals surface area contributed by atoms with E-state index in [4.69, 9.17) is 10.4 Å². The molecule has 0 aliphatic rings. The van der Waals surface area contributed by atoms with Crippen molar-refractivity contribution in [3.05, 3.63) is 29.1 Å². The zero-order valence-electron chi connectivity index (χ0n) is 9.51. The number of phenols is 1. The van der Waals surface area contributed by atoms with E-state index < -0.39 is 40.2 Å². The third kappa shape index (κ3) is 2.53. The number of carbonyl (C=O) groups is 1. The van der Waals surface area contributed by atoms with Crippen molar-refractivity contribution in [3.8, 4) is 11.8 Å². The van der Waals surface area contributed by atoms with Gasteiger partial charge in [-0.2, -0.15) is 9.65 Å². The molecule has 0 aromatic heterocycles. The molecular formula is C11H9F3N2O2. The molecule has 0 saturated heterocycles. The Morgan fingerprint density at radius 3 is 2.44 bits per heavy atom. The van der Waals surface area contributed by atoms with E-state index in [2.05, 4.69) is 5.32 Å². The quantitative estimate of drug-likeness (QED) is 0.795. The third-order valence-electron chi connectivity index (χ3n) is 2.08. The molecule has 0 atom stereocenters. The summed E-state index contributed by atoms with van der Waals surface area (Å²) in [6.07, 6.45) is 0. The maximum absolute atomic E-state index is 13.4. The van der Waals surface area contributed by atoms with Gasteiger partial charge in [-0.05, 0) is 19.9 Å². The first-order chi connectivity index (χ1) is 8.19. The number of amides is 1. The molecule has 1 rings (SSSR count). The number of nitriles is 1. The van der Waals surface area contributed by atoms with Crippen LogP contribution in [0.15, 0.2) is 6.07 Å². The monoisotopic (exact) mass is 258 g/mol. The van der Waals surface area contributed by atoms with Gasteiger partial charge in [0.2, 0.25) is 5.82 Å². The predicted molar refractivity (Wildman–Crippen MR) is 55.1 cm³/mol. The molecule has 2 N–H and O–H groups in total. The van der Waals surface area contributed by atoms with Gasteiger partial charge in [-0.1, -0.05) is 0 Å². The van der Waals surface area contributed by atoms with Crippen LogP contribution in [-0.2, 0) is 0 Å². The van der Waals surface area contributed by atoms with Crippen LogP contribution < -0.4 is 5.32 Å². The zero-order valence-corrected chi connectivity index (χ0v) is 9.51. The number of nitrogens with zero attached hydrogens (tertiary/aromatic N) is 1. The van der Waals surface area contributed by atoms with E-state index in [-0.39, 0.29) is 0 Å². The second-order valence-corrected chi connectivity index (χ2v) is 4.07. The SMILES string of the molecule is CC(C)(C#N)NC(=O)c1cc(F)c(F)c(O)c1F. The van der Waals surface area contributed by atoms with Crippen LogP contribution in [0.5, 0.6) is 5.75 Å². The van der Waals surface area contributed by atoms with Crippen molar-refractivity contribution in [2.75, 3.05) is 0 Å². The number of hydrogen-bond acceptors (Lipinski definition) is 3. The van der Waals surface area contributed by atoms with Gasteiger partial charge in [0.25, 0.3) is 5.91 Å². The number of benzene rings is 1. The lowest BCUT2D eigenvalue weighted by Crippen LogP contribution is -2.42. The molecule has 1 aromatic rings. The van der Waals surface area contributed by atoms with Gasteiger partial charge in [-0.15, -0.1) is 0 Å². The molecule has 0 aliphatic carbocycles. The van der Waals surface area contributed by atoms with Crippen LogP contribution in [0.4, 0.5) is 13.2 Å². The smallest absolute Gasteiger partial charge is 0.255 e. The second kappa shape index (κ2) is 4.56. The van der Waals surface area contributed by atoms with E-state index in [9.17, 15) is 18.0 Å². The van der Waals surface area contributed by atoms with Gasteiger partial charge >= 0.3 is 0 Å². The maximum Gasteiger partial charge on any atom is 0.255 e. The van der Waals surface area contributed by atoms with Crippen molar-refractivity contribution in [2.24, 2.45) is 0 Å². The Morgan fingerprint density at radius 2 is 1.94 bits per heavy atom. The van der Waals surface area contributed by atoms with Crippen LogP contribution in [0.2, 0.25) is 0 Å². The normalized spacial score (nSPS) is 10.9. The van der Waals surface area contributed by atoms with Crippen molar-refractivity contribution >= 4 is 5.91 Å². The highest BCUT2D eigenvalue weighted by molar-refractivity contribution is 5.95. The zero-order chi connectivity index (χ0) is 14.1. The fourth-order valence-corrected chi connectivity index (χ4v) is 1.13. The highest BCUT2D eigenvalue weighted by atomic mass is 19.2. The summed E-state index contributed by atoms with van der Waals surface area (Å²) in [5.41, 5.74) is -2.20. The van der Waals surface area contributed by atoms with Crippen molar-refractivity contribution < 1.29 is 23.1 Å². The van der Waals surface area contributed by atoms with Crippen molar-refractivity contribution in [3.63, 3.8) is 0 Å². The van der Waals surface area contributed by atoms with Gasteiger partial charge in [-0.3, -0.25) is 4.79 Å². The van der Waals surface area contributed by atoms with Gasteiger partial charge in [0.05, 0.1) is 11.6 Å². The highest BCUT2D eigenvalue weighted by Gasteiger charge is 2.26. The van der Waals surface area contributed by atoms with Crippen LogP contribution in [-0.4, -0.2) is 16.6 Å². The summed E-state index contributed by atoms with van der Waals surface area (Å²) in [5.74, 6) is -7.62. The number of aromatic hydroxyl groups is 1. The average molecular weight is 258 g/mol. The summed E-state index contributed by atoms with van der Waals surface area (Å²) in [4.78, 5) is 11.6. The van der Waals surface area contributed by atoms with Crippen LogP contribution in [0.25, 0.3) is 0 Å². The van der Waals surface area contributed by atoms with Gasteiger partial charge in [-0.25, -0.2) is 8.78 Å². The van der Waals surface area contributed by atoms with E-state index in [1.54, 1.807) is 6.07 Å². The molecule has 0 saturated carbocycles. The number of hydrogen-bond donors (Lipinski definition) is 2. The van der Waals surface area contributed by atoms with Gasteiger partial charge in [0, 0.05) is 0 Å². The van der Waals surface area contributed by atoms with Gasteiger partial charge < -0.3 is 10.4 Å². The molecule has 0 heterocycles. The van der Waals surface area contributed by atoms with E-state index in [1.165, 1.54) is 13.8 Å². The summed E-state index contributed by atoms with van der Waals surface area (Å²) in [6, 6.07) is 2.03. The number of nitrogens with one attached hydrogen (secondary N) is 1. The lowest BCUT2D eigenvalue weighted by Gasteiger charge is -2.17. The fraction of sp³-hybridized carbons (Fsp3) is 0.273. The molecule has 0 radical (unpaired) electrons. The molecule has 0 bridgehead atoms. The van der Waals surface area contributed by atoms with Gasteiger partial charge in [0.15, 0.2) is 17.4 Å². The third-order valence-corrected chi connectivity index (χ3v) is 2.08. The summed E-state index contributed by atoms with van der Waals surface area (Å²) >= 11 is 0. The Kier molecular flexibility index (Phi) is 3.51. The second-order valence-electron chi connectivity index (χ2n) is 4.07. The standard InChI is InChI=1S/C11H9F3N2O2/c1-11(2,4-15)16-10(18)5-3-6(12)8(14)9(17)7(5)13/h3,17H,1-2H3,(H,16,18). The number of phenolic OH excluding ortho intramolecular Hbond substituents is 1. The molecule has 1 aromatic carbocycles. The minimum Gasteiger partial charge on any atom is -0.503 e. The summed E-state index contributed by atoms with van der Waals surface area (Å²) < 4.78 is 39.1. The summed E-state index contributed by atoms with van der Waals surface area (Å²) in [5, 5.41) is 19.7. The topological polar surface area (TPSA) is 73.1 Å². The number of rotatable bonds is 2. The van der Waals surface area contributed by atoms with Gasteiger partial charge in [0.1, 0.15) is 5.54 Å². The molecule has 0 aliphatic heterocycles. The molecule has 1 amide bonds. The van der Waals surface area contributed by atoms with Crippen molar-refractivity contribution in [1.82, 2.24) is 5.32 Å². The van der Waals surface area contributed by atoms with Crippen LogP contribution in [0, 0.1) is 28.8 Å². The van der Waals surface area contributed by atoms with E-state index in [1.807, 2.05) is 0 Å². The molecule has 0 unspecified atom stereocenters. The molecule has 7 heteroatoms. The largest absolute Gasteiger partial charge is 0.503 e. The maximum atomic E-state index is 13.4. The average Bonchev–Trinajstić information content (AvgIpc) is 2.30. The molecule has 96 valence electrons. The molecule has 0 spiro atoms. The van der Waals surface area contributed by atoms with Crippen LogP contribution >= 0.6 is 0 Å². The van der Waals surface area contributed by atoms with Crippen molar-refractivity contribution in [2.45, 2.75) is 19.4 Å². The first-order valence-electron chi connectivity index (χ1n) is 4.80. The fourth-order valence-electron chi connectivity index (χ4n) is 1.13. The molecule has 18 heavy (non-hydrogen) atoms. The predicted octanol–water partition coefficient (Wildman–Crippen LogP) is 1.84. The number of halogens is 3. The summed E-state index contributed by atoms with van der Waals surface area (Å²) in [7, 11) is 0. The van der Waals surface area contributed by atoms with Crippen LogP contribution in [0.3, 0.4) is 0 Å². The molecular weight excluding hydrogens is 249 g/mol. The van der Waals surface area contributed by atoms with E-state index >= 15 is 0 Å². The van der Waals surface area contributed by atoms with Crippen molar-refractivity contribution in [1.29, 1.82) is 5.26 Å². The summed E-state index contributed by atoms with van der Waals surface area (Å²) in [6.45, 7) is 2.67. The molecule has 4 nitrogen and oxygen atoms in total. The Hall–Kier alpha value is -2.23.